The Kier molecular flexibility index (Phi) is 4.25. The number of amides is 1. The second-order valence-electron chi connectivity index (χ2n) is 5.86. The molecular weight excluding hydrogens is 294 g/mol. The molecule has 1 atom stereocenters. The first-order valence-corrected chi connectivity index (χ1v) is 7.67. The van der Waals surface area contributed by atoms with Crippen molar-refractivity contribution in [3.8, 4) is 0 Å². The van der Waals surface area contributed by atoms with Gasteiger partial charge in [-0.1, -0.05) is 24.3 Å². The fourth-order valence-corrected chi connectivity index (χ4v) is 2.57. The van der Waals surface area contributed by atoms with Gasteiger partial charge in [0.25, 0.3) is 11.5 Å². The van der Waals surface area contributed by atoms with E-state index in [4.69, 9.17) is 0 Å². The molecule has 3 N–H and O–H groups in total. The van der Waals surface area contributed by atoms with Crippen LogP contribution in [0.3, 0.4) is 0 Å². The summed E-state index contributed by atoms with van der Waals surface area (Å²) in [5, 5.41) is 12.4. The van der Waals surface area contributed by atoms with Crippen LogP contribution in [0.4, 0.5) is 0 Å². The number of rotatable bonds is 5. The maximum atomic E-state index is 12.4. The number of aromatic amines is 1. The van der Waals surface area contributed by atoms with Crippen LogP contribution in [0.5, 0.6) is 0 Å². The zero-order valence-corrected chi connectivity index (χ0v) is 12.9. The van der Waals surface area contributed by atoms with E-state index in [-0.39, 0.29) is 23.8 Å². The summed E-state index contributed by atoms with van der Waals surface area (Å²) >= 11 is 0. The Morgan fingerprint density at radius 2 is 2.17 bits per heavy atom. The number of nitrogens with one attached hydrogen (secondary N) is 2. The van der Waals surface area contributed by atoms with Crippen LogP contribution in [0.1, 0.15) is 52.2 Å². The van der Waals surface area contributed by atoms with E-state index >= 15 is 0 Å². The first kappa shape index (κ1) is 15.4. The van der Waals surface area contributed by atoms with Crippen LogP contribution in [-0.4, -0.2) is 27.6 Å². The zero-order valence-electron chi connectivity index (χ0n) is 12.9. The standard InChI is InChI=1S/C17H19N3O3/c1-10-4-2-3-5-12(10)14(9-21)19-17(23)13-8-15(22)20-16(18-13)11-6-7-11/h2-5,8,11,14,21H,6-7,9H2,1H3,(H,19,23)(H,18,20,22). The topological polar surface area (TPSA) is 95.1 Å². The lowest BCUT2D eigenvalue weighted by atomic mass is 10.0. The molecule has 6 heteroatoms. The third-order valence-corrected chi connectivity index (χ3v) is 4.01. The molecule has 1 heterocycles. The summed E-state index contributed by atoms with van der Waals surface area (Å²) in [5.41, 5.74) is 1.58. The lowest BCUT2D eigenvalue weighted by molar-refractivity contribution is 0.0910. The predicted octanol–water partition coefficient (Wildman–Crippen LogP) is 1.42. The van der Waals surface area contributed by atoms with Crippen LogP contribution >= 0.6 is 0 Å². The fourth-order valence-electron chi connectivity index (χ4n) is 2.57. The highest BCUT2D eigenvalue weighted by Crippen LogP contribution is 2.37. The molecule has 0 saturated heterocycles. The summed E-state index contributed by atoms with van der Waals surface area (Å²) in [5.74, 6) is 0.361. The molecule has 0 spiro atoms. The minimum atomic E-state index is -0.533. The molecule has 1 aromatic heterocycles. The Morgan fingerprint density at radius 3 is 2.83 bits per heavy atom. The summed E-state index contributed by atoms with van der Waals surface area (Å²) in [6, 6.07) is 8.18. The molecule has 23 heavy (non-hydrogen) atoms. The SMILES string of the molecule is Cc1ccccc1C(CO)NC(=O)c1cc(=O)[nH]c(C2CC2)n1. The minimum Gasteiger partial charge on any atom is -0.394 e. The number of nitrogens with zero attached hydrogens (tertiary/aromatic N) is 1. The molecule has 1 saturated carbocycles. The zero-order chi connectivity index (χ0) is 16.4. The number of hydrogen-bond acceptors (Lipinski definition) is 4. The smallest absolute Gasteiger partial charge is 0.270 e. The lowest BCUT2D eigenvalue weighted by Gasteiger charge is -2.18. The minimum absolute atomic E-state index is 0.0858. The van der Waals surface area contributed by atoms with Gasteiger partial charge in [-0.2, -0.15) is 0 Å². The number of benzene rings is 1. The molecule has 1 unspecified atom stereocenters. The van der Waals surface area contributed by atoms with Crippen molar-refractivity contribution in [3.05, 3.63) is 63.3 Å². The second-order valence-corrected chi connectivity index (χ2v) is 5.86. The van der Waals surface area contributed by atoms with Gasteiger partial charge in [0.2, 0.25) is 0 Å². The van der Waals surface area contributed by atoms with Gasteiger partial charge in [-0.15, -0.1) is 0 Å². The van der Waals surface area contributed by atoms with Crippen LogP contribution in [0.2, 0.25) is 0 Å². The second kappa shape index (κ2) is 6.34. The molecule has 120 valence electrons. The third kappa shape index (κ3) is 3.48. The molecule has 1 aliphatic rings. The van der Waals surface area contributed by atoms with E-state index < -0.39 is 11.9 Å². The van der Waals surface area contributed by atoms with Gasteiger partial charge >= 0.3 is 0 Å². The van der Waals surface area contributed by atoms with Crippen molar-refractivity contribution in [1.29, 1.82) is 0 Å². The molecular formula is C17H19N3O3. The number of H-pyrrole nitrogens is 1. The number of aliphatic hydroxyl groups excluding tert-OH is 1. The van der Waals surface area contributed by atoms with Crippen molar-refractivity contribution in [2.75, 3.05) is 6.61 Å². The summed E-state index contributed by atoms with van der Waals surface area (Å²) < 4.78 is 0. The first-order valence-electron chi connectivity index (χ1n) is 7.67. The van der Waals surface area contributed by atoms with E-state index in [1.165, 1.54) is 6.07 Å². The molecule has 1 amide bonds. The van der Waals surface area contributed by atoms with Crippen LogP contribution in [0.25, 0.3) is 0 Å². The summed E-state index contributed by atoms with van der Waals surface area (Å²) in [7, 11) is 0. The highest BCUT2D eigenvalue weighted by Gasteiger charge is 2.27. The first-order chi connectivity index (χ1) is 11.1. The number of aromatic nitrogens is 2. The van der Waals surface area contributed by atoms with Crippen molar-refractivity contribution < 1.29 is 9.90 Å². The largest absolute Gasteiger partial charge is 0.394 e. The molecule has 6 nitrogen and oxygen atoms in total. The van der Waals surface area contributed by atoms with Crippen molar-refractivity contribution in [3.63, 3.8) is 0 Å². The van der Waals surface area contributed by atoms with Crippen LogP contribution < -0.4 is 10.9 Å². The van der Waals surface area contributed by atoms with Gasteiger partial charge in [0.1, 0.15) is 11.5 Å². The molecule has 0 bridgehead atoms. The molecule has 1 fully saturated rings. The van der Waals surface area contributed by atoms with E-state index in [1.54, 1.807) is 0 Å². The maximum Gasteiger partial charge on any atom is 0.270 e. The van der Waals surface area contributed by atoms with Crippen molar-refractivity contribution in [2.45, 2.75) is 31.7 Å². The number of aryl methyl sites for hydroxylation is 1. The monoisotopic (exact) mass is 313 g/mol. The van der Waals surface area contributed by atoms with Gasteiger partial charge < -0.3 is 15.4 Å². The Bertz CT molecular complexity index is 781. The summed E-state index contributed by atoms with van der Waals surface area (Å²) in [6.45, 7) is 1.69. The molecule has 3 rings (SSSR count). The van der Waals surface area contributed by atoms with Gasteiger partial charge in [0.15, 0.2) is 0 Å². The Hall–Kier alpha value is -2.47. The molecule has 1 aliphatic carbocycles. The van der Waals surface area contributed by atoms with E-state index in [0.29, 0.717) is 5.82 Å². The van der Waals surface area contributed by atoms with Crippen LogP contribution in [0, 0.1) is 6.92 Å². The van der Waals surface area contributed by atoms with Crippen molar-refractivity contribution >= 4 is 5.91 Å². The maximum absolute atomic E-state index is 12.4. The van der Waals surface area contributed by atoms with Gasteiger partial charge in [-0.3, -0.25) is 9.59 Å². The molecule has 0 aliphatic heterocycles. The average Bonchev–Trinajstić information content (AvgIpc) is 3.37. The van der Waals surface area contributed by atoms with E-state index in [2.05, 4.69) is 15.3 Å². The van der Waals surface area contributed by atoms with E-state index in [1.807, 2.05) is 31.2 Å². The van der Waals surface area contributed by atoms with E-state index in [0.717, 1.165) is 24.0 Å². The van der Waals surface area contributed by atoms with Crippen molar-refractivity contribution in [2.24, 2.45) is 0 Å². The highest BCUT2D eigenvalue weighted by atomic mass is 16.3. The molecule has 0 radical (unpaired) electrons. The van der Waals surface area contributed by atoms with Crippen molar-refractivity contribution in [1.82, 2.24) is 15.3 Å². The van der Waals surface area contributed by atoms with Crippen LogP contribution in [0.15, 0.2) is 35.1 Å². The summed E-state index contributed by atoms with van der Waals surface area (Å²) in [4.78, 5) is 31.0. The number of aliphatic hydroxyl groups is 1. The van der Waals surface area contributed by atoms with Crippen LogP contribution in [-0.2, 0) is 0 Å². The number of carbonyl (C=O) groups excluding carboxylic acids is 1. The highest BCUT2D eigenvalue weighted by molar-refractivity contribution is 5.92. The fraction of sp³-hybridized carbons (Fsp3) is 0.353. The van der Waals surface area contributed by atoms with Gasteiger partial charge in [-0.05, 0) is 30.9 Å². The predicted molar refractivity (Wildman–Crippen MR) is 85.3 cm³/mol. The lowest BCUT2D eigenvalue weighted by Crippen LogP contribution is -2.33. The Morgan fingerprint density at radius 1 is 1.43 bits per heavy atom. The number of hydrogen-bond donors (Lipinski definition) is 3. The molecule has 2 aromatic rings. The normalized spacial score (nSPS) is 15.2. The van der Waals surface area contributed by atoms with Gasteiger partial charge in [0.05, 0.1) is 12.6 Å². The van der Waals surface area contributed by atoms with Gasteiger partial charge in [-0.25, -0.2) is 4.98 Å². The Balaban J connectivity index is 1.83. The Labute approximate surface area is 133 Å². The van der Waals surface area contributed by atoms with E-state index in [9.17, 15) is 14.7 Å². The third-order valence-electron chi connectivity index (χ3n) is 4.01. The summed E-state index contributed by atoms with van der Waals surface area (Å²) in [6.07, 6.45) is 1.97. The number of carbonyl (C=O) groups is 1. The average molecular weight is 313 g/mol. The van der Waals surface area contributed by atoms with Gasteiger partial charge in [0, 0.05) is 12.0 Å². The quantitative estimate of drug-likeness (QED) is 0.778. The molecule has 1 aromatic carbocycles.